The zero-order chi connectivity index (χ0) is 14.1. The monoisotopic (exact) mass is 278 g/mol. The van der Waals surface area contributed by atoms with Crippen LogP contribution in [0.4, 0.5) is 0 Å². The number of hydrogen-bond acceptors (Lipinski definition) is 7. The zero-order valence-electron chi connectivity index (χ0n) is 10.6. The average Bonchev–Trinajstić information content (AvgIpc) is 3.01. The fraction of sp³-hybridized carbons (Fsp3) is 0.545. The fourth-order valence-corrected chi connectivity index (χ4v) is 1.80. The van der Waals surface area contributed by atoms with Crippen LogP contribution in [0.2, 0.25) is 0 Å². The molecule has 1 unspecified atom stereocenters. The molecule has 1 aliphatic rings. The number of carboxylic acids is 1. The van der Waals surface area contributed by atoms with Crippen molar-refractivity contribution in [3.05, 3.63) is 23.6 Å². The third-order valence-corrected chi connectivity index (χ3v) is 3.06. The van der Waals surface area contributed by atoms with E-state index in [0.29, 0.717) is 24.0 Å². The number of hydrogen-bond donors (Lipinski definition) is 2. The smallest absolute Gasteiger partial charge is 0.320 e. The molecule has 1 aliphatic carbocycles. The van der Waals surface area contributed by atoms with E-state index in [1.165, 1.54) is 4.68 Å². The van der Waals surface area contributed by atoms with Crippen LogP contribution in [0.3, 0.4) is 0 Å². The highest BCUT2D eigenvalue weighted by atomic mass is 16.5. The summed E-state index contributed by atoms with van der Waals surface area (Å²) in [7, 11) is 0. The number of carbonyl (C=O) groups is 1. The van der Waals surface area contributed by atoms with Gasteiger partial charge in [0.25, 0.3) is 0 Å². The van der Waals surface area contributed by atoms with Crippen LogP contribution in [-0.4, -0.2) is 42.3 Å². The maximum Gasteiger partial charge on any atom is 0.320 e. The normalized spacial score (nSPS) is 16.2. The van der Waals surface area contributed by atoms with Gasteiger partial charge in [-0.2, -0.15) is 4.98 Å². The molecule has 1 saturated carbocycles. The number of rotatable bonds is 6. The Bertz CT molecular complexity index is 617. The molecular weight excluding hydrogens is 264 g/mol. The lowest BCUT2D eigenvalue weighted by atomic mass is 10.2. The molecule has 0 spiro atoms. The Morgan fingerprint density at radius 2 is 2.40 bits per heavy atom. The largest absolute Gasteiger partial charge is 0.480 e. The van der Waals surface area contributed by atoms with Gasteiger partial charge in [0.2, 0.25) is 5.89 Å². The molecule has 2 heterocycles. The van der Waals surface area contributed by atoms with Crippen LogP contribution < -0.4 is 5.73 Å². The summed E-state index contributed by atoms with van der Waals surface area (Å²) in [6.45, 7) is 0.315. The molecule has 106 valence electrons. The summed E-state index contributed by atoms with van der Waals surface area (Å²) in [4.78, 5) is 14.9. The van der Waals surface area contributed by atoms with Gasteiger partial charge in [0.1, 0.15) is 12.6 Å². The molecule has 0 aromatic carbocycles. The lowest BCUT2D eigenvalue weighted by Crippen LogP contribution is -2.32. The minimum Gasteiger partial charge on any atom is -0.480 e. The summed E-state index contributed by atoms with van der Waals surface area (Å²) < 4.78 is 6.65. The van der Waals surface area contributed by atoms with Crippen molar-refractivity contribution in [2.45, 2.75) is 37.8 Å². The second-order valence-corrected chi connectivity index (χ2v) is 4.88. The summed E-state index contributed by atoms with van der Waals surface area (Å²) in [6.07, 6.45) is 3.98. The van der Waals surface area contributed by atoms with Crippen molar-refractivity contribution in [2.75, 3.05) is 0 Å². The van der Waals surface area contributed by atoms with Crippen molar-refractivity contribution in [3.8, 4) is 0 Å². The predicted molar refractivity (Wildman–Crippen MR) is 64.7 cm³/mol. The minimum atomic E-state index is -1.06. The van der Waals surface area contributed by atoms with E-state index in [9.17, 15) is 4.79 Å². The van der Waals surface area contributed by atoms with E-state index in [0.717, 1.165) is 18.7 Å². The predicted octanol–water partition coefficient (Wildman–Crippen LogP) is -0.459. The molecule has 2 aromatic rings. The third kappa shape index (κ3) is 2.82. The molecule has 1 atom stereocenters. The molecule has 9 heteroatoms. The number of carboxylic acid groups (broad SMARTS) is 1. The number of aliphatic carboxylic acids is 1. The Balaban J connectivity index is 1.62. The highest BCUT2D eigenvalue weighted by Gasteiger charge is 2.28. The van der Waals surface area contributed by atoms with Crippen LogP contribution in [0.5, 0.6) is 0 Å². The van der Waals surface area contributed by atoms with Crippen LogP contribution >= 0.6 is 0 Å². The van der Waals surface area contributed by atoms with Gasteiger partial charge in [0, 0.05) is 18.5 Å². The van der Waals surface area contributed by atoms with Crippen LogP contribution in [-0.2, 0) is 17.8 Å². The quantitative estimate of drug-likeness (QED) is 0.725. The van der Waals surface area contributed by atoms with Gasteiger partial charge in [-0.25, -0.2) is 4.68 Å². The maximum absolute atomic E-state index is 10.7. The van der Waals surface area contributed by atoms with Crippen LogP contribution in [0.25, 0.3) is 0 Å². The van der Waals surface area contributed by atoms with Crippen molar-refractivity contribution in [3.63, 3.8) is 0 Å². The second-order valence-electron chi connectivity index (χ2n) is 4.88. The van der Waals surface area contributed by atoms with Crippen molar-refractivity contribution in [1.29, 1.82) is 0 Å². The van der Waals surface area contributed by atoms with Gasteiger partial charge in [0.05, 0.1) is 5.69 Å². The lowest BCUT2D eigenvalue weighted by Gasteiger charge is -2.01. The van der Waals surface area contributed by atoms with E-state index >= 15 is 0 Å². The molecule has 0 aliphatic heterocycles. The second kappa shape index (κ2) is 5.00. The summed E-state index contributed by atoms with van der Waals surface area (Å²) >= 11 is 0. The Morgan fingerprint density at radius 1 is 1.60 bits per heavy atom. The van der Waals surface area contributed by atoms with E-state index in [4.69, 9.17) is 15.4 Å². The van der Waals surface area contributed by atoms with Gasteiger partial charge in [-0.3, -0.25) is 4.79 Å². The lowest BCUT2D eigenvalue weighted by molar-refractivity contribution is -0.138. The SMILES string of the molecule is NC(Cc1cn(Cc2nc(C3CC3)no2)nn1)C(=O)O. The maximum atomic E-state index is 10.7. The van der Waals surface area contributed by atoms with Gasteiger partial charge in [-0.05, 0) is 12.8 Å². The van der Waals surface area contributed by atoms with Crippen LogP contribution in [0, 0.1) is 0 Å². The third-order valence-electron chi connectivity index (χ3n) is 3.06. The van der Waals surface area contributed by atoms with E-state index in [-0.39, 0.29) is 6.42 Å². The van der Waals surface area contributed by atoms with Gasteiger partial charge < -0.3 is 15.4 Å². The van der Waals surface area contributed by atoms with Crippen LogP contribution in [0.1, 0.15) is 36.2 Å². The minimum absolute atomic E-state index is 0.131. The van der Waals surface area contributed by atoms with E-state index in [1.807, 2.05) is 0 Å². The molecule has 0 amide bonds. The van der Waals surface area contributed by atoms with Crippen molar-refractivity contribution in [1.82, 2.24) is 25.1 Å². The Hall–Kier alpha value is -2.29. The molecule has 2 aromatic heterocycles. The van der Waals surface area contributed by atoms with Crippen molar-refractivity contribution >= 4 is 5.97 Å². The summed E-state index contributed by atoms with van der Waals surface area (Å²) in [6, 6.07) is -0.981. The summed E-state index contributed by atoms with van der Waals surface area (Å²) in [5, 5.41) is 20.4. The van der Waals surface area contributed by atoms with E-state index in [1.54, 1.807) is 6.20 Å². The molecular formula is C11H14N6O3. The first kappa shape index (κ1) is 12.7. The fourth-order valence-electron chi connectivity index (χ4n) is 1.80. The standard InChI is InChI=1S/C11H14N6O3/c12-8(11(18)19)3-7-4-17(16-14-7)5-9-13-10(15-20-9)6-1-2-6/h4,6,8H,1-3,5,12H2,(H,18,19). The van der Waals surface area contributed by atoms with Crippen molar-refractivity contribution in [2.24, 2.45) is 5.73 Å². The van der Waals surface area contributed by atoms with Gasteiger partial charge in [-0.1, -0.05) is 10.4 Å². The Kier molecular flexibility index (Phi) is 3.18. The van der Waals surface area contributed by atoms with Gasteiger partial charge in [-0.15, -0.1) is 5.10 Å². The molecule has 3 N–H and O–H groups in total. The Labute approximate surface area is 113 Å². The zero-order valence-corrected chi connectivity index (χ0v) is 10.6. The first-order chi connectivity index (χ1) is 9.61. The first-order valence-electron chi connectivity index (χ1n) is 6.31. The van der Waals surface area contributed by atoms with Gasteiger partial charge >= 0.3 is 5.97 Å². The first-order valence-corrected chi connectivity index (χ1v) is 6.31. The molecule has 3 rings (SSSR count). The molecule has 0 bridgehead atoms. The number of nitrogens with two attached hydrogens (primary N) is 1. The number of nitrogens with zero attached hydrogens (tertiary/aromatic N) is 5. The molecule has 0 radical (unpaired) electrons. The molecule has 20 heavy (non-hydrogen) atoms. The van der Waals surface area contributed by atoms with Crippen LogP contribution in [0.15, 0.2) is 10.7 Å². The van der Waals surface area contributed by atoms with E-state index in [2.05, 4.69) is 20.5 Å². The average molecular weight is 278 g/mol. The molecule has 9 nitrogen and oxygen atoms in total. The highest BCUT2D eigenvalue weighted by Crippen LogP contribution is 2.38. The number of aromatic nitrogens is 5. The summed E-state index contributed by atoms with van der Waals surface area (Å²) in [5.41, 5.74) is 5.95. The highest BCUT2D eigenvalue weighted by molar-refractivity contribution is 5.73. The van der Waals surface area contributed by atoms with E-state index < -0.39 is 12.0 Å². The topological polar surface area (TPSA) is 133 Å². The Morgan fingerprint density at radius 3 is 3.10 bits per heavy atom. The molecule has 0 saturated heterocycles. The summed E-state index contributed by atoms with van der Waals surface area (Å²) in [5.74, 6) is 0.581. The van der Waals surface area contributed by atoms with Gasteiger partial charge in [0.15, 0.2) is 5.82 Å². The molecule has 1 fully saturated rings. The van der Waals surface area contributed by atoms with Crippen molar-refractivity contribution < 1.29 is 14.4 Å².